The van der Waals surface area contributed by atoms with Gasteiger partial charge in [0.2, 0.25) is 0 Å². The van der Waals surface area contributed by atoms with Crippen molar-refractivity contribution in [2.45, 2.75) is 64.1 Å². The molecule has 180 valence electrons. The molecule has 1 aliphatic carbocycles. The Morgan fingerprint density at radius 1 is 1.18 bits per heavy atom. The maximum absolute atomic E-state index is 13.1. The first-order valence-electron chi connectivity index (χ1n) is 12.1. The number of benzene rings is 1. The third-order valence-electron chi connectivity index (χ3n) is 6.77. The number of nitrogens with one attached hydrogen (secondary N) is 3. The smallest absolute Gasteiger partial charge is 0.280 e. The molecule has 0 saturated heterocycles. The number of aromatic nitrogens is 2. The largest absolute Gasteiger partial charge is 0.351 e. The fourth-order valence-corrected chi connectivity index (χ4v) is 6.27. The molecule has 7 nitrogen and oxygen atoms in total. The SMILES string of the molecule is CCCN1CCc2nc(C(=O)N[C@@H]3CCCC[C@@H]3NC(=O)c3cc4cc(Cl)ccc4[nH]3)sc2C1. The van der Waals surface area contributed by atoms with Gasteiger partial charge >= 0.3 is 0 Å². The second-order valence-electron chi connectivity index (χ2n) is 9.27. The first-order chi connectivity index (χ1) is 16.5. The molecule has 9 heteroatoms. The molecule has 1 fully saturated rings. The number of H-pyrrole nitrogens is 1. The van der Waals surface area contributed by atoms with Crippen LogP contribution in [0.4, 0.5) is 0 Å². The van der Waals surface area contributed by atoms with Crippen LogP contribution in [0.5, 0.6) is 0 Å². The van der Waals surface area contributed by atoms with Crippen molar-refractivity contribution in [3.63, 3.8) is 0 Å². The molecular weight excluding hydrogens is 470 g/mol. The Hall–Kier alpha value is -2.42. The highest BCUT2D eigenvalue weighted by molar-refractivity contribution is 7.13. The lowest BCUT2D eigenvalue weighted by Gasteiger charge is -2.32. The van der Waals surface area contributed by atoms with Gasteiger partial charge in [-0.05, 0) is 50.1 Å². The highest BCUT2D eigenvalue weighted by atomic mass is 35.5. The number of carbonyl (C=O) groups excluding carboxylic acids is 2. The molecular formula is C25H30ClN5O2S. The summed E-state index contributed by atoms with van der Waals surface area (Å²) in [5.74, 6) is -0.299. The van der Waals surface area contributed by atoms with Crippen LogP contribution in [0, 0.1) is 0 Å². The minimum absolute atomic E-state index is 0.110. The van der Waals surface area contributed by atoms with E-state index in [-0.39, 0.29) is 23.9 Å². The van der Waals surface area contributed by atoms with E-state index in [1.807, 2.05) is 18.2 Å². The maximum atomic E-state index is 13.1. The average Bonchev–Trinajstić information content (AvgIpc) is 3.44. The number of aromatic amines is 1. The molecule has 3 aromatic rings. The summed E-state index contributed by atoms with van der Waals surface area (Å²) >= 11 is 7.58. The van der Waals surface area contributed by atoms with E-state index in [1.54, 1.807) is 6.07 Å². The number of hydrogen-bond donors (Lipinski definition) is 3. The van der Waals surface area contributed by atoms with Crippen molar-refractivity contribution >= 4 is 45.7 Å². The van der Waals surface area contributed by atoms with Crippen molar-refractivity contribution in [2.24, 2.45) is 0 Å². The number of carbonyl (C=O) groups is 2. The van der Waals surface area contributed by atoms with Crippen LogP contribution in [-0.4, -0.2) is 51.9 Å². The number of hydrogen-bond acceptors (Lipinski definition) is 5. The van der Waals surface area contributed by atoms with Gasteiger partial charge in [0, 0.05) is 52.4 Å². The molecule has 2 amide bonds. The summed E-state index contributed by atoms with van der Waals surface area (Å²) in [4.78, 5) is 37.5. The molecule has 1 aliphatic heterocycles. The molecule has 2 atom stereocenters. The van der Waals surface area contributed by atoms with E-state index in [2.05, 4.69) is 32.4 Å². The highest BCUT2D eigenvalue weighted by Gasteiger charge is 2.30. The summed E-state index contributed by atoms with van der Waals surface area (Å²) in [6, 6.07) is 7.09. The van der Waals surface area contributed by atoms with E-state index in [0.29, 0.717) is 15.7 Å². The Morgan fingerprint density at radius 2 is 1.94 bits per heavy atom. The van der Waals surface area contributed by atoms with E-state index >= 15 is 0 Å². The summed E-state index contributed by atoms with van der Waals surface area (Å²) in [7, 11) is 0. The molecule has 1 aromatic carbocycles. The zero-order chi connectivity index (χ0) is 23.7. The molecule has 34 heavy (non-hydrogen) atoms. The standard InChI is InChI=1S/C25H30ClN5O2S/c1-2-10-31-11-9-20-22(14-31)34-25(30-20)24(33)29-19-6-4-3-5-18(19)28-23(32)21-13-15-12-16(26)7-8-17(15)27-21/h7-8,12-13,18-19,27H,2-6,9-11,14H2,1H3,(H,28,32)(H,29,33)/t18-,19+/m0/s1. The number of halogens is 1. The quantitative estimate of drug-likeness (QED) is 0.465. The van der Waals surface area contributed by atoms with Gasteiger partial charge in [-0.2, -0.15) is 0 Å². The summed E-state index contributed by atoms with van der Waals surface area (Å²) < 4.78 is 0. The maximum Gasteiger partial charge on any atom is 0.280 e. The normalized spacial score (nSPS) is 20.8. The van der Waals surface area contributed by atoms with Gasteiger partial charge < -0.3 is 15.6 Å². The van der Waals surface area contributed by atoms with Crippen LogP contribution in [-0.2, 0) is 13.0 Å². The van der Waals surface area contributed by atoms with Crippen LogP contribution < -0.4 is 10.6 Å². The first kappa shape index (κ1) is 23.3. The summed E-state index contributed by atoms with van der Waals surface area (Å²) in [5.41, 5.74) is 2.43. The van der Waals surface area contributed by atoms with E-state index < -0.39 is 0 Å². The fourth-order valence-electron chi connectivity index (χ4n) is 5.03. The monoisotopic (exact) mass is 499 g/mol. The number of fused-ring (bicyclic) bond motifs is 2. The van der Waals surface area contributed by atoms with Gasteiger partial charge in [0.05, 0.1) is 5.69 Å². The topological polar surface area (TPSA) is 90.1 Å². The second-order valence-corrected chi connectivity index (χ2v) is 10.8. The summed E-state index contributed by atoms with van der Waals surface area (Å²) in [5, 5.41) is 8.39. The van der Waals surface area contributed by atoms with E-state index in [4.69, 9.17) is 11.6 Å². The molecule has 3 N–H and O–H groups in total. The summed E-state index contributed by atoms with van der Waals surface area (Å²) in [6.07, 6.45) is 5.76. The van der Waals surface area contributed by atoms with Gasteiger partial charge in [-0.15, -0.1) is 11.3 Å². The fraction of sp³-hybridized carbons (Fsp3) is 0.480. The Bertz CT molecular complexity index is 1210. The van der Waals surface area contributed by atoms with Gasteiger partial charge in [-0.1, -0.05) is 31.4 Å². The zero-order valence-corrected chi connectivity index (χ0v) is 20.9. The Labute approximate surface area is 208 Å². The van der Waals surface area contributed by atoms with Crippen molar-refractivity contribution in [1.29, 1.82) is 0 Å². The van der Waals surface area contributed by atoms with Gasteiger partial charge in [0.25, 0.3) is 11.8 Å². The Balaban J connectivity index is 1.25. The second kappa shape index (κ2) is 10.1. The lowest BCUT2D eigenvalue weighted by Crippen LogP contribution is -2.53. The van der Waals surface area contributed by atoms with Crippen LogP contribution in [0.2, 0.25) is 5.02 Å². The minimum atomic E-state index is -0.167. The first-order valence-corrected chi connectivity index (χ1v) is 13.3. The third kappa shape index (κ3) is 4.99. The van der Waals surface area contributed by atoms with Crippen molar-refractivity contribution in [3.05, 3.63) is 50.6 Å². The third-order valence-corrected chi connectivity index (χ3v) is 8.09. The van der Waals surface area contributed by atoms with Crippen LogP contribution in [0.25, 0.3) is 10.9 Å². The predicted octanol–water partition coefficient (Wildman–Crippen LogP) is 4.52. The minimum Gasteiger partial charge on any atom is -0.351 e. The van der Waals surface area contributed by atoms with E-state index in [9.17, 15) is 9.59 Å². The van der Waals surface area contributed by atoms with Crippen LogP contribution in [0.15, 0.2) is 24.3 Å². The number of nitrogens with zero attached hydrogens (tertiary/aromatic N) is 2. The van der Waals surface area contributed by atoms with Gasteiger partial charge in [0.15, 0.2) is 5.01 Å². The Kier molecular flexibility index (Phi) is 6.90. The Morgan fingerprint density at radius 3 is 2.71 bits per heavy atom. The number of amides is 2. The van der Waals surface area contributed by atoms with Gasteiger partial charge in [-0.3, -0.25) is 14.5 Å². The van der Waals surface area contributed by atoms with Crippen LogP contribution in [0.3, 0.4) is 0 Å². The molecule has 5 rings (SSSR count). The molecule has 0 bridgehead atoms. The summed E-state index contributed by atoms with van der Waals surface area (Å²) in [6.45, 7) is 5.15. The number of thiazole rings is 1. The lowest BCUT2D eigenvalue weighted by molar-refractivity contribution is 0.0860. The molecule has 0 spiro atoms. The van der Waals surface area contributed by atoms with Gasteiger partial charge in [-0.25, -0.2) is 4.98 Å². The average molecular weight is 500 g/mol. The predicted molar refractivity (Wildman–Crippen MR) is 136 cm³/mol. The lowest BCUT2D eigenvalue weighted by atomic mass is 9.90. The molecule has 2 aliphatic rings. The molecule has 0 unspecified atom stereocenters. The highest BCUT2D eigenvalue weighted by Crippen LogP contribution is 2.26. The van der Waals surface area contributed by atoms with Crippen molar-refractivity contribution in [2.75, 3.05) is 13.1 Å². The zero-order valence-electron chi connectivity index (χ0n) is 19.3. The molecule has 3 heterocycles. The van der Waals surface area contributed by atoms with E-state index in [1.165, 1.54) is 16.2 Å². The molecule has 2 aromatic heterocycles. The number of rotatable bonds is 6. The molecule has 0 radical (unpaired) electrons. The van der Waals surface area contributed by atoms with Crippen LogP contribution >= 0.6 is 22.9 Å². The van der Waals surface area contributed by atoms with E-state index in [0.717, 1.165) is 74.8 Å². The van der Waals surface area contributed by atoms with Crippen molar-refractivity contribution in [3.8, 4) is 0 Å². The molecule has 1 saturated carbocycles. The van der Waals surface area contributed by atoms with Crippen LogP contribution in [0.1, 0.15) is 69.9 Å². The van der Waals surface area contributed by atoms with Crippen molar-refractivity contribution in [1.82, 2.24) is 25.5 Å². The van der Waals surface area contributed by atoms with Crippen molar-refractivity contribution < 1.29 is 9.59 Å². The van der Waals surface area contributed by atoms with Gasteiger partial charge in [0.1, 0.15) is 5.69 Å².